The van der Waals surface area contributed by atoms with Crippen molar-refractivity contribution in [3.8, 4) is 5.75 Å². The lowest BCUT2D eigenvalue weighted by Gasteiger charge is -2.26. The van der Waals surface area contributed by atoms with E-state index in [0.717, 1.165) is 44.5 Å². The average molecular weight is 292 g/mol. The van der Waals surface area contributed by atoms with Crippen LogP contribution < -0.4 is 10.1 Å². The number of nitrogens with zero attached hydrogens (tertiary/aromatic N) is 1. The van der Waals surface area contributed by atoms with Crippen molar-refractivity contribution < 1.29 is 9.84 Å². The van der Waals surface area contributed by atoms with Crippen LogP contribution in [0.3, 0.4) is 0 Å². The molecule has 0 spiro atoms. The zero-order chi connectivity index (χ0) is 15.2. The molecule has 118 valence electrons. The van der Waals surface area contributed by atoms with Gasteiger partial charge in [0, 0.05) is 24.7 Å². The van der Waals surface area contributed by atoms with Crippen molar-refractivity contribution >= 4 is 0 Å². The van der Waals surface area contributed by atoms with E-state index in [1.807, 2.05) is 0 Å². The van der Waals surface area contributed by atoms with E-state index in [2.05, 4.69) is 42.5 Å². The van der Waals surface area contributed by atoms with Crippen LogP contribution in [0.5, 0.6) is 5.75 Å². The average Bonchev–Trinajstić information content (AvgIpc) is 2.47. The molecule has 2 N–H and O–H groups in total. The second-order valence-electron chi connectivity index (χ2n) is 6.27. The topological polar surface area (TPSA) is 44.7 Å². The summed E-state index contributed by atoms with van der Waals surface area (Å²) in [5, 5.41) is 13.1. The maximum atomic E-state index is 9.55. The van der Waals surface area contributed by atoms with Crippen LogP contribution in [0.1, 0.15) is 36.8 Å². The summed E-state index contributed by atoms with van der Waals surface area (Å²) < 4.78 is 5.53. The van der Waals surface area contributed by atoms with Crippen molar-refractivity contribution in [2.45, 2.75) is 50.9 Å². The van der Waals surface area contributed by atoms with Gasteiger partial charge in [-0.3, -0.25) is 0 Å². The number of benzene rings is 1. The second-order valence-corrected chi connectivity index (χ2v) is 6.27. The van der Waals surface area contributed by atoms with Gasteiger partial charge in [0.15, 0.2) is 0 Å². The molecule has 0 atom stereocenters. The van der Waals surface area contributed by atoms with Crippen LogP contribution in [0.2, 0.25) is 0 Å². The molecule has 1 fully saturated rings. The first-order valence-electron chi connectivity index (χ1n) is 7.80. The molecule has 1 aliphatic carbocycles. The molecule has 0 unspecified atom stereocenters. The summed E-state index contributed by atoms with van der Waals surface area (Å²) in [4.78, 5) is 2.15. The Hall–Kier alpha value is -1.10. The molecule has 1 aromatic rings. The van der Waals surface area contributed by atoms with E-state index in [1.54, 1.807) is 7.11 Å². The molecule has 0 aliphatic heterocycles. The van der Waals surface area contributed by atoms with Gasteiger partial charge in [-0.25, -0.2) is 0 Å². The zero-order valence-electron chi connectivity index (χ0n) is 13.4. The minimum absolute atomic E-state index is 0.0945. The van der Waals surface area contributed by atoms with E-state index in [9.17, 15) is 5.11 Å². The van der Waals surface area contributed by atoms with E-state index < -0.39 is 0 Å². The first-order chi connectivity index (χ1) is 10.1. The normalized spacial score (nSPS) is 22.5. The number of aliphatic hydroxyl groups is 1. The number of rotatable bonds is 6. The van der Waals surface area contributed by atoms with Crippen LogP contribution in [0, 0.1) is 0 Å². The molecular formula is C17H28N2O2. The molecule has 0 bridgehead atoms. The quantitative estimate of drug-likeness (QED) is 0.843. The van der Waals surface area contributed by atoms with Crippen LogP contribution in [0.25, 0.3) is 0 Å². The number of nitrogens with one attached hydrogen (secondary N) is 1. The highest BCUT2D eigenvalue weighted by atomic mass is 16.5. The Bertz CT molecular complexity index is 440. The Labute approximate surface area is 128 Å². The maximum absolute atomic E-state index is 9.55. The van der Waals surface area contributed by atoms with Crippen molar-refractivity contribution in [3.05, 3.63) is 29.3 Å². The summed E-state index contributed by atoms with van der Waals surface area (Å²) in [6.45, 7) is 1.75. The van der Waals surface area contributed by atoms with Crippen molar-refractivity contribution in [1.82, 2.24) is 10.2 Å². The Morgan fingerprint density at radius 1 is 1.24 bits per heavy atom. The number of hydrogen-bond acceptors (Lipinski definition) is 4. The summed E-state index contributed by atoms with van der Waals surface area (Å²) >= 11 is 0. The van der Waals surface area contributed by atoms with Gasteiger partial charge in [0.25, 0.3) is 0 Å². The Morgan fingerprint density at radius 3 is 2.57 bits per heavy atom. The molecule has 0 radical (unpaired) electrons. The van der Waals surface area contributed by atoms with Crippen molar-refractivity contribution in [2.24, 2.45) is 0 Å². The van der Waals surface area contributed by atoms with Crippen LogP contribution in [-0.4, -0.2) is 43.4 Å². The van der Waals surface area contributed by atoms with E-state index in [4.69, 9.17) is 4.74 Å². The highest BCUT2D eigenvalue weighted by molar-refractivity contribution is 5.37. The van der Waals surface area contributed by atoms with Crippen LogP contribution in [0.4, 0.5) is 0 Å². The monoisotopic (exact) mass is 292 g/mol. The molecule has 1 aromatic carbocycles. The summed E-state index contributed by atoms with van der Waals surface area (Å²) in [5.41, 5.74) is 2.47. The highest BCUT2D eigenvalue weighted by Crippen LogP contribution is 2.23. The standard InChI is InChI=1S/C17H28N2O2/c1-19(2)12-13-4-5-14(17(10-13)21-3)11-18-15-6-8-16(20)9-7-15/h4-5,10,15-16,18,20H,6-9,11-12H2,1-3H3. The van der Waals surface area contributed by atoms with E-state index in [0.29, 0.717) is 6.04 Å². The third kappa shape index (κ3) is 4.99. The number of ether oxygens (including phenoxy) is 1. The summed E-state index contributed by atoms with van der Waals surface area (Å²) in [6.07, 6.45) is 3.85. The Kier molecular flexibility index (Phi) is 6.03. The second kappa shape index (κ2) is 7.78. The fraction of sp³-hybridized carbons (Fsp3) is 0.647. The summed E-state index contributed by atoms with van der Waals surface area (Å²) in [6, 6.07) is 6.97. The summed E-state index contributed by atoms with van der Waals surface area (Å²) in [7, 11) is 5.87. The number of aliphatic hydroxyl groups excluding tert-OH is 1. The van der Waals surface area contributed by atoms with Crippen molar-refractivity contribution in [3.63, 3.8) is 0 Å². The van der Waals surface area contributed by atoms with Gasteiger partial charge in [0.1, 0.15) is 5.75 Å². The molecule has 1 aliphatic rings. The predicted molar refractivity (Wildman–Crippen MR) is 85.5 cm³/mol. The lowest BCUT2D eigenvalue weighted by Crippen LogP contribution is -2.34. The minimum Gasteiger partial charge on any atom is -0.496 e. The lowest BCUT2D eigenvalue weighted by molar-refractivity contribution is 0.116. The third-order valence-electron chi connectivity index (χ3n) is 4.13. The van der Waals surface area contributed by atoms with Crippen molar-refractivity contribution in [1.29, 1.82) is 0 Å². The molecule has 4 nitrogen and oxygen atoms in total. The Morgan fingerprint density at radius 2 is 1.95 bits per heavy atom. The summed E-state index contributed by atoms with van der Waals surface area (Å²) in [5.74, 6) is 0.956. The first kappa shape index (κ1) is 16.3. The zero-order valence-corrected chi connectivity index (χ0v) is 13.4. The minimum atomic E-state index is -0.0945. The van der Waals surface area contributed by atoms with Crippen LogP contribution in [0.15, 0.2) is 18.2 Å². The molecular weight excluding hydrogens is 264 g/mol. The highest BCUT2D eigenvalue weighted by Gasteiger charge is 2.19. The van der Waals surface area contributed by atoms with E-state index in [1.165, 1.54) is 11.1 Å². The molecule has 0 heterocycles. The first-order valence-corrected chi connectivity index (χ1v) is 7.80. The van der Waals surface area contributed by atoms with Gasteiger partial charge in [-0.2, -0.15) is 0 Å². The van der Waals surface area contributed by atoms with Gasteiger partial charge in [-0.05, 0) is 51.4 Å². The van der Waals surface area contributed by atoms with Crippen molar-refractivity contribution in [2.75, 3.05) is 21.2 Å². The SMILES string of the molecule is COc1cc(CN(C)C)ccc1CNC1CCC(O)CC1. The van der Waals surface area contributed by atoms with Gasteiger partial charge in [-0.1, -0.05) is 12.1 Å². The fourth-order valence-corrected chi connectivity index (χ4v) is 2.93. The molecule has 1 saturated carbocycles. The molecule has 4 heteroatoms. The third-order valence-corrected chi connectivity index (χ3v) is 4.13. The smallest absolute Gasteiger partial charge is 0.123 e. The van der Waals surface area contributed by atoms with Gasteiger partial charge >= 0.3 is 0 Å². The molecule has 2 rings (SSSR count). The van der Waals surface area contributed by atoms with E-state index >= 15 is 0 Å². The van der Waals surface area contributed by atoms with Crippen LogP contribution >= 0.6 is 0 Å². The van der Waals surface area contributed by atoms with Gasteiger partial charge in [-0.15, -0.1) is 0 Å². The molecule has 21 heavy (non-hydrogen) atoms. The van der Waals surface area contributed by atoms with Crippen LogP contribution in [-0.2, 0) is 13.1 Å². The van der Waals surface area contributed by atoms with E-state index in [-0.39, 0.29) is 6.10 Å². The molecule has 0 saturated heterocycles. The van der Waals surface area contributed by atoms with Gasteiger partial charge in [0.05, 0.1) is 13.2 Å². The lowest BCUT2D eigenvalue weighted by atomic mass is 9.93. The molecule has 0 amide bonds. The van der Waals surface area contributed by atoms with Gasteiger partial charge < -0.3 is 20.1 Å². The van der Waals surface area contributed by atoms with Gasteiger partial charge in [0.2, 0.25) is 0 Å². The maximum Gasteiger partial charge on any atom is 0.123 e. The largest absolute Gasteiger partial charge is 0.496 e. The number of methoxy groups -OCH3 is 1. The fourth-order valence-electron chi connectivity index (χ4n) is 2.93. The molecule has 0 aromatic heterocycles. The Balaban J connectivity index is 1.93. The predicted octanol–water partition coefficient (Wildman–Crippen LogP) is 2.15. The number of hydrogen-bond donors (Lipinski definition) is 2.